The predicted octanol–water partition coefficient (Wildman–Crippen LogP) is 1.84. The molecule has 90 valence electrons. The van der Waals surface area contributed by atoms with Crippen molar-refractivity contribution in [2.75, 3.05) is 6.61 Å². The topological polar surface area (TPSA) is 83.6 Å². The quantitative estimate of drug-likeness (QED) is 0.772. The van der Waals surface area contributed by atoms with Crippen LogP contribution in [0, 0.1) is 0 Å². The van der Waals surface area contributed by atoms with Gasteiger partial charge in [-0.2, -0.15) is 0 Å². The molecule has 2 aromatic rings. The van der Waals surface area contributed by atoms with E-state index in [1.165, 1.54) is 6.07 Å². The third-order valence-electron chi connectivity index (χ3n) is 2.49. The van der Waals surface area contributed by atoms with Crippen LogP contribution >= 0.6 is 0 Å². The number of carboxylic acids is 1. The van der Waals surface area contributed by atoms with Gasteiger partial charge in [-0.15, -0.1) is 0 Å². The minimum absolute atomic E-state index is 0.139. The normalized spacial score (nSPS) is 10.9. The Balaban J connectivity index is 2.30. The van der Waals surface area contributed by atoms with Crippen LogP contribution in [0.5, 0.6) is 0 Å². The number of nitrogens with zero attached hydrogens (tertiary/aromatic N) is 1. The SMILES string of the molecule is O=C(O)c1cccc2oc(CCCCO)nc12. The number of oxazole rings is 1. The number of aromatic nitrogens is 1. The van der Waals surface area contributed by atoms with Crippen LogP contribution in [0.25, 0.3) is 11.1 Å². The first kappa shape index (κ1) is 11.6. The molecule has 1 heterocycles. The first-order valence-corrected chi connectivity index (χ1v) is 5.45. The lowest BCUT2D eigenvalue weighted by atomic mass is 10.2. The zero-order chi connectivity index (χ0) is 12.3. The Labute approximate surface area is 97.7 Å². The molecule has 0 spiro atoms. The van der Waals surface area contributed by atoms with Crippen LogP contribution < -0.4 is 0 Å². The lowest BCUT2D eigenvalue weighted by molar-refractivity contribution is 0.0699. The summed E-state index contributed by atoms with van der Waals surface area (Å²) in [5.74, 6) is -0.493. The van der Waals surface area contributed by atoms with Crippen molar-refractivity contribution in [3.05, 3.63) is 29.7 Å². The highest BCUT2D eigenvalue weighted by molar-refractivity contribution is 6.00. The van der Waals surface area contributed by atoms with Crippen molar-refractivity contribution < 1.29 is 19.4 Å². The molecule has 0 aliphatic heterocycles. The molecule has 0 amide bonds. The fraction of sp³-hybridized carbons (Fsp3) is 0.333. The Bertz CT molecular complexity index is 532. The molecule has 0 saturated carbocycles. The maximum atomic E-state index is 11.0. The van der Waals surface area contributed by atoms with Crippen LogP contribution in [-0.2, 0) is 6.42 Å². The number of rotatable bonds is 5. The first-order chi connectivity index (χ1) is 8.22. The van der Waals surface area contributed by atoms with Crippen molar-refractivity contribution in [1.29, 1.82) is 0 Å². The minimum atomic E-state index is -1.01. The number of carbonyl (C=O) groups is 1. The van der Waals surface area contributed by atoms with E-state index in [0.29, 0.717) is 29.8 Å². The molecule has 1 aromatic heterocycles. The molecule has 5 nitrogen and oxygen atoms in total. The Morgan fingerprint density at radius 2 is 2.18 bits per heavy atom. The summed E-state index contributed by atoms with van der Waals surface area (Å²) >= 11 is 0. The number of aliphatic hydroxyl groups excluding tert-OH is 1. The van der Waals surface area contributed by atoms with Crippen molar-refractivity contribution >= 4 is 17.1 Å². The molecule has 5 heteroatoms. The van der Waals surface area contributed by atoms with Gasteiger partial charge in [0.05, 0.1) is 5.56 Å². The highest BCUT2D eigenvalue weighted by atomic mass is 16.4. The molecule has 0 saturated heterocycles. The molecule has 0 unspecified atom stereocenters. The number of fused-ring (bicyclic) bond motifs is 1. The molecule has 2 N–H and O–H groups in total. The number of benzene rings is 1. The van der Waals surface area contributed by atoms with Crippen LogP contribution in [0.4, 0.5) is 0 Å². The van der Waals surface area contributed by atoms with Crippen molar-refractivity contribution in [2.45, 2.75) is 19.3 Å². The van der Waals surface area contributed by atoms with Gasteiger partial charge in [0.15, 0.2) is 11.5 Å². The molecular formula is C12H13NO4. The van der Waals surface area contributed by atoms with Gasteiger partial charge in [-0.25, -0.2) is 9.78 Å². The van der Waals surface area contributed by atoms with Crippen LogP contribution in [0.1, 0.15) is 29.1 Å². The van der Waals surface area contributed by atoms with Gasteiger partial charge < -0.3 is 14.6 Å². The van der Waals surface area contributed by atoms with E-state index in [0.717, 1.165) is 6.42 Å². The second-order valence-corrected chi connectivity index (χ2v) is 3.75. The number of aliphatic hydroxyl groups is 1. The number of hydrogen-bond acceptors (Lipinski definition) is 4. The van der Waals surface area contributed by atoms with Crippen LogP contribution in [0.2, 0.25) is 0 Å². The largest absolute Gasteiger partial charge is 0.478 e. The van der Waals surface area contributed by atoms with E-state index in [9.17, 15) is 4.79 Å². The lowest BCUT2D eigenvalue weighted by Gasteiger charge is -1.92. The highest BCUT2D eigenvalue weighted by Gasteiger charge is 2.13. The Morgan fingerprint density at radius 3 is 2.88 bits per heavy atom. The van der Waals surface area contributed by atoms with E-state index in [2.05, 4.69) is 4.98 Å². The van der Waals surface area contributed by atoms with E-state index in [1.54, 1.807) is 12.1 Å². The fourth-order valence-electron chi connectivity index (χ4n) is 1.66. The van der Waals surface area contributed by atoms with E-state index in [-0.39, 0.29) is 12.2 Å². The van der Waals surface area contributed by atoms with E-state index < -0.39 is 5.97 Å². The van der Waals surface area contributed by atoms with Gasteiger partial charge >= 0.3 is 5.97 Å². The lowest BCUT2D eigenvalue weighted by Crippen LogP contribution is -1.97. The zero-order valence-corrected chi connectivity index (χ0v) is 9.22. The summed E-state index contributed by atoms with van der Waals surface area (Å²) in [6.45, 7) is 0.139. The van der Waals surface area contributed by atoms with Crippen LogP contribution in [0.15, 0.2) is 22.6 Å². The maximum absolute atomic E-state index is 11.0. The molecule has 0 aliphatic carbocycles. The second kappa shape index (κ2) is 4.97. The number of unbranched alkanes of at least 4 members (excludes halogenated alkanes) is 1. The smallest absolute Gasteiger partial charge is 0.338 e. The van der Waals surface area contributed by atoms with E-state index in [1.807, 2.05) is 0 Å². The molecule has 0 bridgehead atoms. The van der Waals surface area contributed by atoms with Gasteiger partial charge in [-0.3, -0.25) is 0 Å². The highest BCUT2D eigenvalue weighted by Crippen LogP contribution is 2.20. The molecule has 1 aromatic carbocycles. The molecule has 0 radical (unpaired) electrons. The second-order valence-electron chi connectivity index (χ2n) is 3.75. The van der Waals surface area contributed by atoms with Gasteiger partial charge in [-0.05, 0) is 25.0 Å². The summed E-state index contributed by atoms with van der Waals surface area (Å²) in [5, 5.41) is 17.7. The van der Waals surface area contributed by atoms with Crippen LogP contribution in [0.3, 0.4) is 0 Å². The minimum Gasteiger partial charge on any atom is -0.478 e. The summed E-state index contributed by atoms with van der Waals surface area (Å²) in [6, 6.07) is 4.84. The number of aromatic carboxylic acids is 1. The first-order valence-electron chi connectivity index (χ1n) is 5.45. The molecule has 17 heavy (non-hydrogen) atoms. The number of aryl methyl sites for hydroxylation is 1. The van der Waals surface area contributed by atoms with Crippen molar-refractivity contribution in [3.63, 3.8) is 0 Å². The Hall–Kier alpha value is -1.88. The predicted molar refractivity (Wildman–Crippen MR) is 61.0 cm³/mol. The summed E-state index contributed by atoms with van der Waals surface area (Å²) in [5.41, 5.74) is 1.03. The van der Waals surface area contributed by atoms with Gasteiger partial charge in [0.2, 0.25) is 0 Å². The average Bonchev–Trinajstić information content (AvgIpc) is 2.71. The molecule has 0 aliphatic rings. The maximum Gasteiger partial charge on any atom is 0.338 e. The van der Waals surface area contributed by atoms with Gasteiger partial charge in [0.1, 0.15) is 5.52 Å². The average molecular weight is 235 g/mol. The summed E-state index contributed by atoms with van der Waals surface area (Å²) in [6.07, 6.45) is 2.06. The summed E-state index contributed by atoms with van der Waals surface area (Å²) < 4.78 is 5.45. The molecule has 2 rings (SSSR count). The van der Waals surface area contributed by atoms with Crippen molar-refractivity contribution in [1.82, 2.24) is 4.98 Å². The van der Waals surface area contributed by atoms with E-state index in [4.69, 9.17) is 14.6 Å². The Kier molecular flexibility index (Phi) is 3.39. The van der Waals surface area contributed by atoms with E-state index >= 15 is 0 Å². The van der Waals surface area contributed by atoms with Gasteiger partial charge in [0.25, 0.3) is 0 Å². The molecular weight excluding hydrogens is 222 g/mol. The zero-order valence-electron chi connectivity index (χ0n) is 9.22. The molecule has 0 atom stereocenters. The summed E-state index contributed by atoms with van der Waals surface area (Å²) in [4.78, 5) is 15.1. The monoisotopic (exact) mass is 235 g/mol. The number of carboxylic acid groups (broad SMARTS) is 1. The fourth-order valence-corrected chi connectivity index (χ4v) is 1.66. The van der Waals surface area contributed by atoms with Crippen molar-refractivity contribution in [3.8, 4) is 0 Å². The standard InChI is InChI=1S/C12H13NO4/c14-7-2-1-6-10-13-11-8(12(15)16)4-3-5-9(11)17-10/h3-5,14H,1-2,6-7H2,(H,15,16). The van der Waals surface area contributed by atoms with Crippen LogP contribution in [-0.4, -0.2) is 27.8 Å². The Morgan fingerprint density at radius 1 is 1.35 bits per heavy atom. The van der Waals surface area contributed by atoms with Gasteiger partial charge in [0, 0.05) is 13.0 Å². The van der Waals surface area contributed by atoms with Gasteiger partial charge in [-0.1, -0.05) is 6.07 Å². The third-order valence-corrected chi connectivity index (χ3v) is 2.49. The summed E-state index contributed by atoms with van der Waals surface area (Å²) in [7, 11) is 0. The number of hydrogen-bond donors (Lipinski definition) is 2. The van der Waals surface area contributed by atoms with Crippen molar-refractivity contribution in [2.24, 2.45) is 0 Å². The third kappa shape index (κ3) is 2.45. The number of para-hydroxylation sites is 1. The molecule has 0 fully saturated rings.